The third-order valence-corrected chi connectivity index (χ3v) is 6.14. The number of benzene rings is 1. The summed E-state index contributed by atoms with van der Waals surface area (Å²) < 4.78 is 5.23. The van der Waals surface area contributed by atoms with Crippen LogP contribution in [0, 0.1) is 6.92 Å². The Morgan fingerprint density at radius 3 is 2.32 bits per heavy atom. The average Bonchev–Trinajstić information content (AvgIpc) is 3.61. The number of hydrogen-bond acceptors (Lipinski definition) is 6. The second-order valence-corrected chi connectivity index (χ2v) is 9.36. The van der Waals surface area contributed by atoms with Crippen LogP contribution in [0.15, 0.2) is 54.1 Å². The van der Waals surface area contributed by atoms with E-state index in [9.17, 15) is 14.4 Å². The van der Waals surface area contributed by atoms with Gasteiger partial charge in [0.15, 0.2) is 0 Å². The van der Waals surface area contributed by atoms with Crippen molar-refractivity contribution in [3.8, 4) is 11.3 Å². The lowest BCUT2D eigenvalue weighted by atomic mass is 10.1. The maximum atomic E-state index is 12.2. The van der Waals surface area contributed by atoms with E-state index < -0.39 is 0 Å². The number of rotatable bonds is 10. The number of likely N-dealkylation sites (tertiary alicyclic amines) is 1. The molecule has 9 nitrogen and oxygen atoms in total. The number of likely N-dealkylation sites (N-methyl/N-ethyl adjacent to an activating group) is 1. The van der Waals surface area contributed by atoms with Gasteiger partial charge in [0.05, 0.1) is 36.5 Å². The smallest absolute Gasteiger partial charge is 0.237 e. The van der Waals surface area contributed by atoms with Gasteiger partial charge in [-0.1, -0.05) is 49.8 Å². The molecule has 2 atom stereocenters. The van der Waals surface area contributed by atoms with Gasteiger partial charge in [-0.2, -0.15) is 0 Å². The number of nitrogens with one attached hydrogen (secondary N) is 3. The van der Waals surface area contributed by atoms with E-state index in [1.807, 2.05) is 78.9 Å². The van der Waals surface area contributed by atoms with Gasteiger partial charge >= 0.3 is 0 Å². The zero-order chi connectivity index (χ0) is 31.2. The number of allylic oxidation sites excluding steroid dienone is 4. The SMILES string of the molecule is C/C=C(C)\C=C(/C)OCC.CC.C[C@@H](C=O)NC=O.Cc1[nH]cnc1-c1ccc(CNC(=O)C2CCCN2C)cc1. The highest BCUT2D eigenvalue weighted by Crippen LogP contribution is 2.20. The van der Waals surface area contributed by atoms with Gasteiger partial charge in [-0.15, -0.1) is 0 Å². The number of imidazole rings is 1. The zero-order valence-corrected chi connectivity index (χ0v) is 26.4. The Kier molecular flexibility index (Phi) is 20.0. The molecule has 41 heavy (non-hydrogen) atoms. The van der Waals surface area contributed by atoms with E-state index in [1.54, 1.807) is 13.3 Å². The molecule has 0 spiro atoms. The maximum absolute atomic E-state index is 12.2. The van der Waals surface area contributed by atoms with E-state index >= 15 is 0 Å². The van der Waals surface area contributed by atoms with Crippen molar-refractivity contribution in [1.82, 2.24) is 25.5 Å². The number of ether oxygens (including phenoxy) is 1. The van der Waals surface area contributed by atoms with Crippen molar-refractivity contribution < 1.29 is 19.1 Å². The summed E-state index contributed by atoms with van der Waals surface area (Å²) in [4.78, 5) is 40.9. The van der Waals surface area contributed by atoms with E-state index in [2.05, 4.69) is 38.5 Å². The van der Waals surface area contributed by atoms with Crippen LogP contribution in [0.4, 0.5) is 0 Å². The number of aromatic amines is 1. The molecule has 2 heterocycles. The quantitative estimate of drug-likeness (QED) is 0.202. The predicted molar refractivity (Wildman–Crippen MR) is 167 cm³/mol. The lowest BCUT2D eigenvalue weighted by molar-refractivity contribution is -0.125. The molecule has 0 radical (unpaired) electrons. The molecule has 1 saturated heterocycles. The van der Waals surface area contributed by atoms with Gasteiger partial charge in [-0.25, -0.2) is 4.98 Å². The Morgan fingerprint density at radius 1 is 1.22 bits per heavy atom. The Bertz CT molecular complexity index is 1080. The van der Waals surface area contributed by atoms with Crippen LogP contribution in [0.1, 0.15) is 72.6 Å². The van der Waals surface area contributed by atoms with Crippen LogP contribution in [-0.4, -0.2) is 65.8 Å². The number of hydrogen-bond donors (Lipinski definition) is 3. The van der Waals surface area contributed by atoms with Crippen LogP contribution in [0.5, 0.6) is 0 Å². The van der Waals surface area contributed by atoms with Gasteiger partial charge < -0.3 is 25.1 Å². The van der Waals surface area contributed by atoms with E-state index in [0.717, 1.165) is 54.3 Å². The van der Waals surface area contributed by atoms with Gasteiger partial charge in [-0.05, 0) is 79.6 Å². The predicted octanol–water partition coefficient (Wildman–Crippen LogP) is 5.33. The highest BCUT2D eigenvalue weighted by atomic mass is 16.5. The Labute approximate surface area is 246 Å². The van der Waals surface area contributed by atoms with Crippen LogP contribution >= 0.6 is 0 Å². The first-order valence-corrected chi connectivity index (χ1v) is 14.3. The monoisotopic (exact) mass is 569 g/mol. The van der Waals surface area contributed by atoms with Crippen LogP contribution in [0.3, 0.4) is 0 Å². The summed E-state index contributed by atoms with van der Waals surface area (Å²) in [5.41, 5.74) is 5.47. The largest absolute Gasteiger partial charge is 0.499 e. The summed E-state index contributed by atoms with van der Waals surface area (Å²) in [6.07, 6.45) is 9.02. The van der Waals surface area contributed by atoms with E-state index in [0.29, 0.717) is 19.2 Å². The van der Waals surface area contributed by atoms with E-state index in [1.165, 1.54) is 5.57 Å². The number of H-pyrrole nitrogens is 1. The number of aryl methyl sites for hydroxylation is 1. The van der Waals surface area contributed by atoms with E-state index in [4.69, 9.17) is 4.74 Å². The second kappa shape index (κ2) is 22.0. The number of amides is 2. The van der Waals surface area contributed by atoms with E-state index in [-0.39, 0.29) is 18.0 Å². The molecule has 1 aromatic heterocycles. The summed E-state index contributed by atoms with van der Waals surface area (Å²) in [6, 6.07) is 7.87. The van der Waals surface area contributed by atoms with Gasteiger partial charge in [0.25, 0.3) is 0 Å². The molecule has 2 amide bonds. The van der Waals surface area contributed by atoms with Crippen LogP contribution in [0.25, 0.3) is 11.3 Å². The van der Waals surface area contributed by atoms with Gasteiger partial charge in [-0.3, -0.25) is 14.5 Å². The Morgan fingerprint density at radius 2 is 1.88 bits per heavy atom. The molecular weight excluding hydrogens is 518 g/mol. The lowest BCUT2D eigenvalue weighted by Crippen LogP contribution is -2.41. The number of carbonyl (C=O) groups excluding carboxylic acids is 3. The maximum Gasteiger partial charge on any atom is 0.237 e. The fourth-order valence-corrected chi connectivity index (χ4v) is 3.80. The fourth-order valence-electron chi connectivity index (χ4n) is 3.80. The zero-order valence-electron chi connectivity index (χ0n) is 26.4. The second-order valence-electron chi connectivity index (χ2n) is 9.36. The molecule has 228 valence electrons. The summed E-state index contributed by atoms with van der Waals surface area (Å²) in [7, 11) is 2.01. The minimum atomic E-state index is -0.350. The van der Waals surface area contributed by atoms with Crippen molar-refractivity contribution in [2.45, 2.75) is 86.9 Å². The van der Waals surface area contributed by atoms with Crippen molar-refractivity contribution in [2.75, 3.05) is 20.2 Å². The van der Waals surface area contributed by atoms with Gasteiger partial charge in [0.2, 0.25) is 12.3 Å². The summed E-state index contributed by atoms with van der Waals surface area (Å²) >= 11 is 0. The van der Waals surface area contributed by atoms with Crippen LogP contribution < -0.4 is 10.6 Å². The molecule has 1 fully saturated rings. The topological polar surface area (TPSA) is 116 Å². The van der Waals surface area contributed by atoms with Gasteiger partial charge in [0.1, 0.15) is 6.29 Å². The number of aldehydes is 1. The third-order valence-electron chi connectivity index (χ3n) is 6.14. The average molecular weight is 570 g/mol. The van der Waals surface area contributed by atoms with Crippen molar-refractivity contribution in [3.63, 3.8) is 0 Å². The standard InChI is InChI=1S/C17H22N4O.C9H16O.C4H7NO2.C2H6/c1-12-16(20-11-19-12)14-7-5-13(6-8-14)10-18-17(22)15-4-3-9-21(15)2;1-5-8(3)7-9(4)10-6-2;1-4(2-6)5-3-7;1-2/h5-8,11,15H,3-4,9-10H2,1-2H3,(H,18,22)(H,19,20);5,7H,6H2,1-4H3;2-4H,1H3,(H,5,7);1-2H3/b;8-5-,9-7+;;/t;;4-;/m..0./s1. The molecule has 0 saturated carbocycles. The highest BCUT2D eigenvalue weighted by molar-refractivity contribution is 5.82. The minimum Gasteiger partial charge on any atom is -0.499 e. The molecular formula is C32H51N5O4. The molecule has 1 aromatic carbocycles. The summed E-state index contributed by atoms with van der Waals surface area (Å²) in [6.45, 7) is 18.0. The lowest BCUT2D eigenvalue weighted by Gasteiger charge is -2.18. The minimum absolute atomic E-state index is 0.0333. The first-order chi connectivity index (χ1) is 19.7. The first-order valence-electron chi connectivity index (χ1n) is 14.3. The van der Waals surface area contributed by atoms with Crippen LogP contribution in [0.2, 0.25) is 0 Å². The molecule has 0 aliphatic carbocycles. The van der Waals surface area contributed by atoms with Gasteiger partial charge in [0, 0.05) is 17.8 Å². The highest BCUT2D eigenvalue weighted by Gasteiger charge is 2.27. The normalized spacial score (nSPS) is 15.5. The third kappa shape index (κ3) is 15.0. The number of aromatic nitrogens is 2. The first kappa shape index (κ1) is 37.3. The molecule has 3 rings (SSSR count). The molecule has 1 unspecified atom stereocenters. The van der Waals surface area contributed by atoms with Crippen molar-refractivity contribution >= 4 is 18.6 Å². The van der Waals surface area contributed by atoms with Crippen molar-refractivity contribution in [1.29, 1.82) is 0 Å². The summed E-state index contributed by atoms with van der Waals surface area (Å²) in [5.74, 6) is 1.12. The number of carbonyl (C=O) groups is 3. The molecule has 1 aliphatic heterocycles. The summed E-state index contributed by atoms with van der Waals surface area (Å²) in [5, 5.41) is 5.28. The Hall–Kier alpha value is -3.72. The Balaban J connectivity index is 0.000000702. The van der Waals surface area contributed by atoms with Crippen LogP contribution in [-0.2, 0) is 25.7 Å². The number of nitrogens with zero attached hydrogens (tertiary/aromatic N) is 2. The molecule has 3 N–H and O–H groups in total. The molecule has 1 aliphatic rings. The molecule has 9 heteroatoms. The van der Waals surface area contributed by atoms with Crippen molar-refractivity contribution in [3.05, 3.63) is 65.3 Å². The molecule has 0 bridgehead atoms. The molecule has 2 aromatic rings. The fraction of sp³-hybridized carbons (Fsp3) is 0.500. The van der Waals surface area contributed by atoms with Crippen molar-refractivity contribution in [2.24, 2.45) is 0 Å².